The second-order valence-corrected chi connectivity index (χ2v) is 7.79. The second kappa shape index (κ2) is 11.6. The Hall–Kier alpha value is -3.02. The zero-order chi connectivity index (χ0) is 23.8. The molecule has 1 aromatic rings. The minimum atomic E-state index is -1.44. The van der Waals surface area contributed by atoms with Crippen LogP contribution in [-0.2, 0) is 25.6 Å². The number of rotatable bonds is 10. The molecule has 5 atom stereocenters. The zero-order valence-corrected chi connectivity index (χ0v) is 17.8. The van der Waals surface area contributed by atoms with Crippen LogP contribution >= 0.6 is 0 Å². The summed E-state index contributed by atoms with van der Waals surface area (Å²) in [5.41, 5.74) is 6.71. The van der Waals surface area contributed by atoms with Gasteiger partial charge in [0.15, 0.2) is 0 Å². The van der Waals surface area contributed by atoms with E-state index in [1.165, 1.54) is 6.92 Å². The van der Waals surface area contributed by atoms with Crippen molar-refractivity contribution in [1.82, 2.24) is 15.5 Å². The average Bonchev–Trinajstić information content (AvgIpc) is 3.25. The van der Waals surface area contributed by atoms with Gasteiger partial charge in [0.1, 0.15) is 18.1 Å². The van der Waals surface area contributed by atoms with Gasteiger partial charge >= 0.3 is 5.97 Å². The molecule has 1 aliphatic rings. The maximum atomic E-state index is 12.8. The maximum absolute atomic E-state index is 12.8. The Morgan fingerprint density at radius 3 is 2.38 bits per heavy atom. The topological polar surface area (TPSA) is 182 Å². The molecule has 32 heavy (non-hydrogen) atoms. The molecule has 1 aliphatic heterocycles. The van der Waals surface area contributed by atoms with E-state index in [0.29, 0.717) is 6.42 Å². The molecule has 176 valence electrons. The summed E-state index contributed by atoms with van der Waals surface area (Å²) in [6, 6.07) is 4.15. The van der Waals surface area contributed by atoms with Gasteiger partial charge in [-0.2, -0.15) is 0 Å². The molecule has 1 fully saturated rings. The lowest BCUT2D eigenvalue weighted by molar-refractivity contribution is -0.150. The number of nitrogens with two attached hydrogens (primary N) is 1. The number of amides is 3. The van der Waals surface area contributed by atoms with Gasteiger partial charge in [0.25, 0.3) is 0 Å². The highest BCUT2D eigenvalue weighted by atomic mass is 16.4. The molecule has 1 heterocycles. The predicted octanol–water partition coefficient (Wildman–Crippen LogP) is -2.03. The van der Waals surface area contributed by atoms with Gasteiger partial charge in [-0.3, -0.25) is 14.4 Å². The third-order valence-corrected chi connectivity index (χ3v) is 5.32. The Labute approximate surface area is 185 Å². The van der Waals surface area contributed by atoms with Crippen LogP contribution in [0, 0.1) is 0 Å². The Morgan fingerprint density at radius 2 is 1.81 bits per heavy atom. The number of benzene rings is 1. The van der Waals surface area contributed by atoms with Crippen LogP contribution in [0.5, 0.6) is 0 Å². The molecule has 11 nitrogen and oxygen atoms in total. The number of nitrogens with zero attached hydrogens (tertiary/aromatic N) is 1. The van der Waals surface area contributed by atoms with E-state index in [1.54, 1.807) is 24.3 Å². The summed E-state index contributed by atoms with van der Waals surface area (Å²) in [5, 5.41) is 33.5. The predicted molar refractivity (Wildman–Crippen MR) is 113 cm³/mol. The minimum Gasteiger partial charge on any atom is -0.480 e. The number of nitrogens with one attached hydrogen (secondary N) is 2. The van der Waals surface area contributed by atoms with Crippen molar-refractivity contribution in [3.8, 4) is 0 Å². The number of carboxylic acids is 1. The van der Waals surface area contributed by atoms with Crippen LogP contribution in [0.3, 0.4) is 0 Å². The van der Waals surface area contributed by atoms with E-state index < -0.39 is 60.6 Å². The molecule has 5 unspecified atom stereocenters. The number of carboxylic acid groups (broad SMARTS) is 1. The van der Waals surface area contributed by atoms with E-state index in [1.807, 2.05) is 6.07 Å². The molecule has 1 saturated heterocycles. The lowest BCUT2D eigenvalue weighted by Gasteiger charge is -2.30. The zero-order valence-electron chi connectivity index (χ0n) is 17.8. The van der Waals surface area contributed by atoms with Gasteiger partial charge in [0.2, 0.25) is 17.7 Å². The normalized spacial score (nSPS) is 19.5. The van der Waals surface area contributed by atoms with Crippen LogP contribution < -0.4 is 16.4 Å². The number of hydrogen-bond donors (Lipinski definition) is 6. The molecule has 0 spiro atoms. The third-order valence-electron chi connectivity index (χ3n) is 5.32. The number of aliphatic carboxylic acids is 1. The number of aliphatic hydroxyl groups excluding tert-OH is 2. The fraction of sp³-hybridized carbons (Fsp3) is 0.524. The summed E-state index contributed by atoms with van der Waals surface area (Å²) in [6.45, 7) is 0.693. The van der Waals surface area contributed by atoms with Crippen LogP contribution in [0.1, 0.15) is 25.3 Å². The summed E-state index contributed by atoms with van der Waals surface area (Å²) in [6.07, 6.45) is -0.363. The summed E-state index contributed by atoms with van der Waals surface area (Å²) in [7, 11) is 0. The number of hydrogen-bond acceptors (Lipinski definition) is 7. The van der Waals surface area contributed by atoms with Crippen molar-refractivity contribution in [2.75, 3.05) is 13.2 Å². The highest BCUT2D eigenvalue weighted by Gasteiger charge is 2.40. The summed E-state index contributed by atoms with van der Waals surface area (Å²) >= 11 is 0. The largest absolute Gasteiger partial charge is 0.480 e. The fourth-order valence-corrected chi connectivity index (χ4v) is 3.54. The first-order valence-corrected chi connectivity index (χ1v) is 10.4. The highest BCUT2D eigenvalue weighted by Crippen LogP contribution is 2.19. The number of carbonyl (C=O) groups excluding carboxylic acids is 3. The van der Waals surface area contributed by atoms with E-state index in [9.17, 15) is 34.5 Å². The van der Waals surface area contributed by atoms with Crippen LogP contribution in [0.25, 0.3) is 0 Å². The van der Waals surface area contributed by atoms with E-state index in [-0.39, 0.29) is 19.4 Å². The van der Waals surface area contributed by atoms with Gasteiger partial charge in [-0.15, -0.1) is 0 Å². The molecule has 7 N–H and O–H groups in total. The van der Waals surface area contributed by atoms with E-state index in [0.717, 1.165) is 10.5 Å². The Bertz CT molecular complexity index is 818. The molecule has 3 amide bonds. The summed E-state index contributed by atoms with van der Waals surface area (Å²) in [4.78, 5) is 50.3. The first-order valence-electron chi connectivity index (χ1n) is 10.4. The number of likely N-dealkylation sites (tertiary alicyclic amines) is 1. The standard InChI is InChI=1S/C21H30N4O7/c1-12(27)17(20(30)25-9-5-8-16(25)21(31)32)24-19(29)15(11-26)23-18(28)14(22)10-13-6-3-2-4-7-13/h2-4,6-7,12,14-17,26-27H,5,8-11,22H2,1H3,(H,23,28)(H,24,29)(H,31,32). The quantitative estimate of drug-likeness (QED) is 0.236. The highest BCUT2D eigenvalue weighted by molar-refractivity contribution is 5.94. The number of carbonyl (C=O) groups is 4. The van der Waals surface area contributed by atoms with Crippen LogP contribution in [0.2, 0.25) is 0 Å². The van der Waals surface area contributed by atoms with Gasteiger partial charge in [-0.05, 0) is 31.7 Å². The first kappa shape index (κ1) is 25.2. The van der Waals surface area contributed by atoms with E-state index in [4.69, 9.17) is 5.73 Å². The smallest absolute Gasteiger partial charge is 0.326 e. The van der Waals surface area contributed by atoms with Crippen LogP contribution in [0.15, 0.2) is 30.3 Å². The average molecular weight is 450 g/mol. The van der Waals surface area contributed by atoms with Gasteiger partial charge in [-0.25, -0.2) is 4.79 Å². The minimum absolute atomic E-state index is 0.184. The molecule has 0 bridgehead atoms. The van der Waals surface area contributed by atoms with Crippen molar-refractivity contribution in [3.05, 3.63) is 35.9 Å². The van der Waals surface area contributed by atoms with Gasteiger partial charge in [0, 0.05) is 6.54 Å². The summed E-state index contributed by atoms with van der Waals surface area (Å²) in [5.74, 6) is -3.49. The fourth-order valence-electron chi connectivity index (χ4n) is 3.54. The Balaban J connectivity index is 2.01. The Morgan fingerprint density at radius 1 is 1.16 bits per heavy atom. The third kappa shape index (κ3) is 6.49. The molecular formula is C21H30N4O7. The van der Waals surface area contributed by atoms with Gasteiger partial charge < -0.3 is 36.6 Å². The second-order valence-electron chi connectivity index (χ2n) is 7.79. The molecule has 11 heteroatoms. The van der Waals surface area contributed by atoms with Gasteiger partial charge in [-0.1, -0.05) is 30.3 Å². The van der Waals surface area contributed by atoms with Crippen molar-refractivity contribution in [2.45, 2.75) is 56.5 Å². The van der Waals surface area contributed by atoms with Crippen molar-refractivity contribution in [1.29, 1.82) is 0 Å². The molecular weight excluding hydrogens is 420 g/mol. The lowest BCUT2D eigenvalue weighted by Crippen LogP contribution is -2.60. The molecule has 2 rings (SSSR count). The Kier molecular flexibility index (Phi) is 9.12. The molecule has 0 radical (unpaired) electrons. The van der Waals surface area contributed by atoms with Crippen LogP contribution in [-0.4, -0.2) is 87.3 Å². The molecule has 0 aromatic heterocycles. The van der Waals surface area contributed by atoms with Crippen molar-refractivity contribution < 1.29 is 34.5 Å². The molecule has 0 aliphatic carbocycles. The SMILES string of the molecule is CC(O)C(NC(=O)C(CO)NC(=O)C(N)Cc1ccccc1)C(=O)N1CCCC1C(=O)O. The molecule has 0 saturated carbocycles. The van der Waals surface area contributed by atoms with Crippen molar-refractivity contribution in [3.63, 3.8) is 0 Å². The first-order chi connectivity index (χ1) is 15.1. The van der Waals surface area contributed by atoms with Crippen molar-refractivity contribution >= 4 is 23.7 Å². The van der Waals surface area contributed by atoms with Crippen LogP contribution in [0.4, 0.5) is 0 Å². The van der Waals surface area contributed by atoms with Gasteiger partial charge in [0.05, 0.1) is 18.8 Å². The number of aliphatic hydroxyl groups is 2. The van der Waals surface area contributed by atoms with Crippen molar-refractivity contribution in [2.24, 2.45) is 5.73 Å². The van der Waals surface area contributed by atoms with E-state index in [2.05, 4.69) is 10.6 Å². The monoisotopic (exact) mass is 450 g/mol. The van der Waals surface area contributed by atoms with E-state index >= 15 is 0 Å². The lowest BCUT2D eigenvalue weighted by atomic mass is 10.1. The molecule has 1 aromatic carbocycles. The summed E-state index contributed by atoms with van der Waals surface area (Å²) < 4.78 is 0. The maximum Gasteiger partial charge on any atom is 0.326 e.